The average molecular weight is 585 g/mol. The molecule has 0 bridgehead atoms. The third-order valence-electron chi connectivity index (χ3n) is 12.2. The Bertz CT molecular complexity index is 833. The molecule has 192 valence electrons. The Hall–Kier alpha value is 0.120. The smallest absolute Gasteiger partial charge is 0.302 e. The lowest BCUT2D eigenvalue weighted by Crippen LogP contribution is -2.56. The summed E-state index contributed by atoms with van der Waals surface area (Å²) >= 11 is 2.63. The molecule has 2 heterocycles. The number of rotatable bonds is 1. The van der Waals surface area contributed by atoms with E-state index in [0.717, 1.165) is 37.2 Å². The lowest BCUT2D eigenvalue weighted by atomic mass is 9.44. The van der Waals surface area contributed by atoms with Crippen molar-refractivity contribution in [2.75, 3.05) is 6.61 Å². The van der Waals surface area contributed by atoms with Gasteiger partial charge in [-0.25, -0.2) is 0 Å². The van der Waals surface area contributed by atoms with Crippen molar-refractivity contribution in [2.45, 2.75) is 114 Å². The van der Waals surface area contributed by atoms with Gasteiger partial charge in [-0.15, -0.1) is 0 Å². The maximum absolute atomic E-state index is 11.6. The van der Waals surface area contributed by atoms with Gasteiger partial charge in [-0.05, 0) is 104 Å². The molecular weight excluding hydrogens is 539 g/mol. The average Bonchev–Trinajstić information content (AvgIpc) is 3.22. The van der Waals surface area contributed by atoms with Crippen LogP contribution in [0.3, 0.4) is 0 Å². The Labute approximate surface area is 220 Å². The summed E-state index contributed by atoms with van der Waals surface area (Å²) in [5.74, 6) is 4.46. The second kappa shape index (κ2) is 8.31. The number of hydrogen-bond donors (Lipinski definition) is 0. The minimum atomic E-state index is -0.355. The molecule has 0 aromatic rings. The molecule has 0 aromatic carbocycles. The number of ether oxygens (including phenoxy) is 3. The number of esters is 1. The highest BCUT2D eigenvalue weighted by Crippen LogP contribution is 2.71. The van der Waals surface area contributed by atoms with Crippen LogP contribution in [0.5, 0.6) is 0 Å². The fraction of sp³-hybridized carbons (Fsp3) is 0.966. The van der Waals surface area contributed by atoms with Gasteiger partial charge in [0.05, 0.1) is 16.6 Å². The van der Waals surface area contributed by atoms with Crippen LogP contribution in [0.25, 0.3) is 0 Å². The van der Waals surface area contributed by atoms with Crippen LogP contribution < -0.4 is 0 Å². The van der Waals surface area contributed by atoms with Crippen molar-refractivity contribution in [3.63, 3.8) is 0 Å². The standard InChI is InChI=1S/C29H45IO4/c1-16-12-25(30)29(32-15-16)17(2)26-24(34-29)14-23-21-7-6-19-13-20(33-18(3)31)8-10-27(19,4)22(21)9-11-28(23,26)5/h16-17,19-26H,6-15H2,1-5H3/t16-,17+,19+,20+,21-,22+,23+,24+,25+,26+,27+,28+,29+/m1/s1. The van der Waals surface area contributed by atoms with Crippen LogP contribution in [-0.4, -0.2) is 34.5 Å². The number of fused-ring (bicyclic) bond motifs is 7. The van der Waals surface area contributed by atoms with E-state index in [1.54, 1.807) is 6.92 Å². The van der Waals surface area contributed by atoms with Crippen molar-refractivity contribution in [2.24, 2.45) is 52.3 Å². The molecule has 4 aliphatic carbocycles. The van der Waals surface area contributed by atoms with Gasteiger partial charge in [0.25, 0.3) is 0 Å². The zero-order valence-corrected chi connectivity index (χ0v) is 24.0. The first-order valence-electron chi connectivity index (χ1n) is 14.2. The molecule has 4 nitrogen and oxygen atoms in total. The van der Waals surface area contributed by atoms with Crippen molar-refractivity contribution in [1.82, 2.24) is 0 Å². The maximum Gasteiger partial charge on any atom is 0.302 e. The van der Waals surface area contributed by atoms with Crippen molar-refractivity contribution in [3.05, 3.63) is 0 Å². The van der Waals surface area contributed by atoms with E-state index in [-0.39, 0.29) is 17.9 Å². The van der Waals surface area contributed by atoms with Gasteiger partial charge < -0.3 is 14.2 Å². The van der Waals surface area contributed by atoms with Crippen molar-refractivity contribution >= 4 is 28.6 Å². The molecular formula is C29H45IO4. The van der Waals surface area contributed by atoms with Gasteiger partial charge >= 0.3 is 5.97 Å². The largest absolute Gasteiger partial charge is 0.463 e. The summed E-state index contributed by atoms with van der Waals surface area (Å²) in [5.41, 5.74) is 0.803. The van der Waals surface area contributed by atoms with Gasteiger partial charge in [-0.3, -0.25) is 4.79 Å². The summed E-state index contributed by atoms with van der Waals surface area (Å²) < 4.78 is 19.7. The number of carbonyl (C=O) groups is 1. The van der Waals surface area contributed by atoms with E-state index in [1.165, 1.54) is 44.9 Å². The Morgan fingerprint density at radius 2 is 1.74 bits per heavy atom. The van der Waals surface area contributed by atoms with E-state index >= 15 is 0 Å². The molecule has 6 fully saturated rings. The third-order valence-corrected chi connectivity index (χ3v) is 13.6. The molecule has 34 heavy (non-hydrogen) atoms. The number of halogens is 1. The Balaban J connectivity index is 1.22. The molecule has 0 aromatic heterocycles. The SMILES string of the molecule is CC(=O)O[C@H]1CC[C@@]2(C)[C@@H](CC[C@@H]3[C@@H]2CC[C@]2(C)[C@@H]4[C@H](C[C@@H]32)O[C@@]2(OC[C@H](C)C[C@@H]2I)[C@H]4C)C1. The van der Waals surface area contributed by atoms with Crippen LogP contribution >= 0.6 is 22.6 Å². The summed E-state index contributed by atoms with van der Waals surface area (Å²) in [6, 6.07) is 0. The van der Waals surface area contributed by atoms with Crippen LogP contribution in [0.2, 0.25) is 0 Å². The second-order valence-corrected chi connectivity index (χ2v) is 15.3. The Morgan fingerprint density at radius 1 is 0.971 bits per heavy atom. The van der Waals surface area contributed by atoms with E-state index in [9.17, 15) is 4.79 Å². The summed E-state index contributed by atoms with van der Waals surface area (Å²) in [6.07, 6.45) is 11.7. The summed E-state index contributed by atoms with van der Waals surface area (Å²) in [7, 11) is 0. The minimum Gasteiger partial charge on any atom is -0.463 e. The molecule has 2 aliphatic heterocycles. The van der Waals surface area contributed by atoms with Crippen LogP contribution in [0.4, 0.5) is 0 Å². The lowest BCUT2D eigenvalue weighted by Gasteiger charge is -2.61. The highest BCUT2D eigenvalue weighted by atomic mass is 127. The summed E-state index contributed by atoms with van der Waals surface area (Å²) in [6.45, 7) is 12.4. The fourth-order valence-electron chi connectivity index (χ4n) is 10.7. The van der Waals surface area contributed by atoms with Crippen molar-refractivity contribution in [1.29, 1.82) is 0 Å². The van der Waals surface area contributed by atoms with Gasteiger partial charge in [0.15, 0.2) is 5.79 Å². The molecule has 6 rings (SSSR count). The molecule has 0 radical (unpaired) electrons. The first-order valence-corrected chi connectivity index (χ1v) is 15.5. The molecule has 2 saturated heterocycles. The molecule has 13 atom stereocenters. The summed E-state index contributed by atoms with van der Waals surface area (Å²) in [4.78, 5) is 11.6. The van der Waals surface area contributed by atoms with Gasteiger partial charge in [0.1, 0.15) is 6.10 Å². The topological polar surface area (TPSA) is 44.8 Å². The zero-order valence-electron chi connectivity index (χ0n) is 21.9. The van der Waals surface area contributed by atoms with Crippen LogP contribution in [0, 0.1) is 52.3 Å². The lowest BCUT2D eigenvalue weighted by molar-refractivity contribution is -0.265. The highest BCUT2D eigenvalue weighted by molar-refractivity contribution is 14.1. The molecule has 6 aliphatic rings. The van der Waals surface area contributed by atoms with Gasteiger partial charge in [-0.2, -0.15) is 0 Å². The monoisotopic (exact) mass is 584 g/mol. The molecule has 0 amide bonds. The van der Waals surface area contributed by atoms with E-state index in [0.29, 0.717) is 44.5 Å². The normalized spacial score (nSPS) is 58.5. The molecule has 5 heteroatoms. The molecule has 0 N–H and O–H groups in total. The predicted octanol–water partition coefficient (Wildman–Crippen LogP) is 6.78. The van der Waals surface area contributed by atoms with Crippen LogP contribution in [0.15, 0.2) is 0 Å². The Kier molecular flexibility index (Phi) is 5.98. The quantitative estimate of drug-likeness (QED) is 0.194. The van der Waals surface area contributed by atoms with Gasteiger partial charge in [0, 0.05) is 12.8 Å². The Morgan fingerprint density at radius 3 is 2.47 bits per heavy atom. The van der Waals surface area contributed by atoms with E-state index in [2.05, 4.69) is 50.3 Å². The van der Waals surface area contributed by atoms with E-state index in [4.69, 9.17) is 14.2 Å². The number of carbonyl (C=O) groups excluding carboxylic acids is 1. The van der Waals surface area contributed by atoms with Crippen LogP contribution in [0.1, 0.15) is 92.4 Å². The van der Waals surface area contributed by atoms with Crippen LogP contribution in [-0.2, 0) is 19.0 Å². The first kappa shape index (κ1) is 24.5. The maximum atomic E-state index is 11.6. The number of hydrogen-bond acceptors (Lipinski definition) is 4. The highest BCUT2D eigenvalue weighted by Gasteiger charge is 2.70. The van der Waals surface area contributed by atoms with Gasteiger partial charge in [0.2, 0.25) is 0 Å². The van der Waals surface area contributed by atoms with Crippen molar-refractivity contribution < 1.29 is 19.0 Å². The molecule has 1 spiro atoms. The van der Waals surface area contributed by atoms with E-state index < -0.39 is 0 Å². The third kappa shape index (κ3) is 3.37. The molecule has 0 unspecified atom stereocenters. The van der Waals surface area contributed by atoms with Gasteiger partial charge in [-0.1, -0.05) is 50.3 Å². The van der Waals surface area contributed by atoms with Crippen molar-refractivity contribution in [3.8, 4) is 0 Å². The zero-order chi connectivity index (χ0) is 24.0. The fourth-order valence-corrected chi connectivity index (χ4v) is 12.4. The number of alkyl halides is 1. The first-order chi connectivity index (χ1) is 16.1. The van der Waals surface area contributed by atoms with E-state index in [1.807, 2.05) is 0 Å². The molecule has 4 saturated carbocycles. The minimum absolute atomic E-state index is 0.106. The summed E-state index contributed by atoms with van der Waals surface area (Å²) in [5, 5.41) is 0. The predicted molar refractivity (Wildman–Crippen MR) is 140 cm³/mol. The second-order valence-electron chi connectivity index (χ2n) is 13.8.